The van der Waals surface area contributed by atoms with Gasteiger partial charge in [0.1, 0.15) is 17.2 Å². The molecule has 4 saturated carbocycles. The van der Waals surface area contributed by atoms with Crippen LogP contribution in [0.5, 0.6) is 0 Å². The van der Waals surface area contributed by atoms with Gasteiger partial charge >= 0.3 is 6.18 Å². The number of carbonyl (C=O) groups is 1. The molecule has 0 spiro atoms. The highest BCUT2D eigenvalue weighted by Crippen LogP contribution is 2.59. The van der Waals surface area contributed by atoms with Crippen LogP contribution < -0.4 is 10.6 Å². The number of aromatic nitrogens is 2. The Hall–Kier alpha value is -2.58. The van der Waals surface area contributed by atoms with E-state index in [1.54, 1.807) is 0 Å². The van der Waals surface area contributed by atoms with Crippen LogP contribution in [0.3, 0.4) is 0 Å². The Morgan fingerprint density at radius 2 is 1.68 bits per heavy atom. The summed E-state index contributed by atoms with van der Waals surface area (Å²) in [6.07, 6.45) is 3.70. The lowest BCUT2D eigenvalue weighted by Gasteiger charge is -2.56. The summed E-state index contributed by atoms with van der Waals surface area (Å²) in [6.45, 7) is 0.560. The zero-order chi connectivity index (χ0) is 23.7. The highest BCUT2D eigenvalue weighted by molar-refractivity contribution is 5.99. The fraction of sp³-hybridized carbons (Fsp3) is 0.600. The lowest BCUT2D eigenvalue weighted by molar-refractivity contribution is -0.173. The standard InChI is InChI=1S/C25H28F4N4O/c26-18-3-1-17(2-4-18)20-8-21(25(27,28)29)33-22(32-20)19(12-31-33)23(34)30-13-24-9-14-5-15(10-24)7-16(6-14)11-24/h1-4,12,14-16,20-21,32H,5-11,13H2,(H,30,34). The predicted octanol–water partition coefficient (Wildman–Crippen LogP) is 5.63. The first-order valence-electron chi connectivity index (χ1n) is 12.1. The molecule has 182 valence electrons. The van der Waals surface area contributed by atoms with Crippen molar-refractivity contribution in [3.8, 4) is 0 Å². The van der Waals surface area contributed by atoms with Gasteiger partial charge in [-0.25, -0.2) is 9.07 Å². The van der Waals surface area contributed by atoms with Gasteiger partial charge in [0.25, 0.3) is 5.91 Å². The third-order valence-corrected chi connectivity index (χ3v) is 8.54. The second-order valence-corrected chi connectivity index (χ2v) is 11.0. The maximum absolute atomic E-state index is 13.9. The van der Waals surface area contributed by atoms with Crippen molar-refractivity contribution in [3.05, 3.63) is 47.4 Å². The summed E-state index contributed by atoms with van der Waals surface area (Å²) >= 11 is 0. The summed E-state index contributed by atoms with van der Waals surface area (Å²) in [4.78, 5) is 13.2. The van der Waals surface area contributed by atoms with Gasteiger partial charge in [0, 0.05) is 13.0 Å². The molecule has 34 heavy (non-hydrogen) atoms. The van der Waals surface area contributed by atoms with E-state index in [9.17, 15) is 22.4 Å². The molecular weight excluding hydrogens is 448 g/mol. The molecule has 1 aromatic carbocycles. The van der Waals surface area contributed by atoms with E-state index in [0.29, 0.717) is 12.1 Å². The van der Waals surface area contributed by atoms with Crippen LogP contribution in [0, 0.1) is 29.0 Å². The monoisotopic (exact) mass is 476 g/mol. The van der Waals surface area contributed by atoms with Gasteiger partial charge in [0.05, 0.1) is 12.2 Å². The number of anilines is 1. The minimum absolute atomic E-state index is 0.0610. The Morgan fingerprint density at radius 3 is 2.26 bits per heavy atom. The Kier molecular flexibility index (Phi) is 4.97. The van der Waals surface area contributed by atoms with Crippen molar-refractivity contribution in [2.75, 3.05) is 11.9 Å². The maximum atomic E-state index is 13.9. The molecule has 2 atom stereocenters. The van der Waals surface area contributed by atoms with Crippen LogP contribution >= 0.6 is 0 Å². The average Bonchev–Trinajstić information content (AvgIpc) is 3.20. The minimum Gasteiger partial charge on any atom is -0.363 e. The first kappa shape index (κ1) is 21.9. The lowest BCUT2D eigenvalue weighted by atomic mass is 9.49. The SMILES string of the molecule is O=C(NCC12CC3CC(CC(C3)C1)C2)c1cnn2c1NC(c1ccc(F)cc1)CC2C(F)(F)F. The van der Waals surface area contributed by atoms with E-state index in [1.807, 2.05) is 0 Å². The molecule has 2 N–H and O–H groups in total. The molecule has 2 unspecified atom stereocenters. The van der Waals surface area contributed by atoms with Crippen LogP contribution in [0.2, 0.25) is 0 Å². The van der Waals surface area contributed by atoms with Gasteiger partial charge in [-0.2, -0.15) is 18.3 Å². The van der Waals surface area contributed by atoms with Crippen molar-refractivity contribution in [2.24, 2.45) is 23.2 Å². The molecule has 4 bridgehead atoms. The largest absolute Gasteiger partial charge is 0.410 e. The Bertz CT molecular complexity index is 1060. The van der Waals surface area contributed by atoms with E-state index in [1.165, 1.54) is 49.7 Å². The number of nitrogens with zero attached hydrogens (tertiary/aromatic N) is 2. The molecule has 1 aromatic heterocycles. The van der Waals surface area contributed by atoms with Crippen molar-refractivity contribution < 1.29 is 22.4 Å². The van der Waals surface area contributed by atoms with E-state index >= 15 is 0 Å². The summed E-state index contributed by atoms with van der Waals surface area (Å²) in [5, 5.41) is 10.1. The quantitative estimate of drug-likeness (QED) is 0.563. The van der Waals surface area contributed by atoms with Gasteiger partial charge in [0.15, 0.2) is 6.04 Å². The molecule has 1 aliphatic heterocycles. The van der Waals surface area contributed by atoms with Crippen molar-refractivity contribution in [3.63, 3.8) is 0 Å². The molecule has 4 fully saturated rings. The fourth-order valence-corrected chi connectivity index (χ4v) is 7.51. The summed E-state index contributed by atoms with van der Waals surface area (Å²) in [7, 11) is 0. The second kappa shape index (κ2) is 7.71. The molecule has 9 heteroatoms. The molecule has 2 heterocycles. The third-order valence-electron chi connectivity index (χ3n) is 8.54. The molecule has 1 amide bonds. The Labute approximate surface area is 195 Å². The fourth-order valence-electron chi connectivity index (χ4n) is 7.51. The van der Waals surface area contributed by atoms with Crippen LogP contribution in [-0.2, 0) is 0 Å². The number of carbonyl (C=O) groups excluding carboxylic acids is 1. The van der Waals surface area contributed by atoms with E-state index in [0.717, 1.165) is 41.7 Å². The third kappa shape index (κ3) is 3.77. The minimum atomic E-state index is -4.53. The molecule has 5 nitrogen and oxygen atoms in total. The highest BCUT2D eigenvalue weighted by Gasteiger charge is 2.51. The van der Waals surface area contributed by atoms with Crippen LogP contribution in [0.25, 0.3) is 0 Å². The normalized spacial score (nSPS) is 33.9. The second-order valence-electron chi connectivity index (χ2n) is 11.0. The molecule has 0 radical (unpaired) electrons. The van der Waals surface area contributed by atoms with Crippen LogP contribution in [0.15, 0.2) is 30.5 Å². The van der Waals surface area contributed by atoms with E-state index < -0.39 is 30.0 Å². The van der Waals surface area contributed by atoms with Crippen LogP contribution in [0.1, 0.15) is 73.0 Å². The van der Waals surface area contributed by atoms with Gasteiger partial charge in [-0.05, 0) is 79.4 Å². The molecule has 7 rings (SSSR count). The number of nitrogens with one attached hydrogen (secondary N) is 2. The molecule has 2 aromatic rings. The maximum Gasteiger partial charge on any atom is 0.410 e. The summed E-state index contributed by atoms with van der Waals surface area (Å²) in [5.74, 6) is 1.45. The van der Waals surface area contributed by atoms with Crippen molar-refractivity contribution >= 4 is 11.7 Å². The smallest absolute Gasteiger partial charge is 0.363 e. The summed E-state index contributed by atoms with van der Waals surface area (Å²) in [6, 6.07) is 2.81. The molecule has 0 saturated heterocycles. The number of hydrogen-bond donors (Lipinski definition) is 2. The van der Waals surface area contributed by atoms with E-state index in [2.05, 4.69) is 15.7 Å². The Morgan fingerprint density at radius 1 is 1.06 bits per heavy atom. The van der Waals surface area contributed by atoms with Gasteiger partial charge < -0.3 is 10.6 Å². The number of alkyl halides is 3. The number of amides is 1. The highest BCUT2D eigenvalue weighted by atomic mass is 19.4. The average molecular weight is 477 g/mol. The number of fused-ring (bicyclic) bond motifs is 1. The van der Waals surface area contributed by atoms with Gasteiger partial charge in [-0.3, -0.25) is 4.79 Å². The summed E-state index contributed by atoms with van der Waals surface area (Å²) < 4.78 is 56.0. The van der Waals surface area contributed by atoms with Crippen molar-refractivity contribution in [1.82, 2.24) is 15.1 Å². The van der Waals surface area contributed by atoms with Crippen LogP contribution in [0.4, 0.5) is 23.4 Å². The lowest BCUT2D eigenvalue weighted by Crippen LogP contribution is -2.51. The molecular formula is C25H28F4N4O. The summed E-state index contributed by atoms with van der Waals surface area (Å²) in [5.41, 5.74) is 0.768. The van der Waals surface area contributed by atoms with Crippen molar-refractivity contribution in [1.29, 1.82) is 0 Å². The first-order chi connectivity index (χ1) is 16.2. The molecule has 4 aliphatic carbocycles. The zero-order valence-electron chi connectivity index (χ0n) is 18.7. The van der Waals surface area contributed by atoms with E-state index in [-0.39, 0.29) is 23.2 Å². The number of hydrogen-bond acceptors (Lipinski definition) is 3. The van der Waals surface area contributed by atoms with Crippen molar-refractivity contribution in [2.45, 2.75) is 63.2 Å². The predicted molar refractivity (Wildman–Crippen MR) is 118 cm³/mol. The number of rotatable bonds is 4. The van der Waals surface area contributed by atoms with Crippen LogP contribution in [-0.4, -0.2) is 28.4 Å². The topological polar surface area (TPSA) is 59.0 Å². The van der Waals surface area contributed by atoms with Gasteiger partial charge in [-0.15, -0.1) is 0 Å². The first-order valence-corrected chi connectivity index (χ1v) is 12.1. The zero-order valence-corrected chi connectivity index (χ0v) is 18.7. The Balaban J connectivity index is 1.24. The van der Waals surface area contributed by atoms with Gasteiger partial charge in [0.2, 0.25) is 0 Å². The number of halogens is 4. The number of benzene rings is 1. The molecule has 5 aliphatic rings. The van der Waals surface area contributed by atoms with Gasteiger partial charge in [-0.1, -0.05) is 12.1 Å². The van der Waals surface area contributed by atoms with E-state index in [4.69, 9.17) is 0 Å².